The lowest BCUT2D eigenvalue weighted by molar-refractivity contribution is -0.167. The number of ether oxygens (including phenoxy) is 1. The van der Waals surface area contributed by atoms with Crippen LogP contribution < -0.4 is 10.6 Å². The molecule has 2 amide bonds. The fourth-order valence-electron chi connectivity index (χ4n) is 1.21. The summed E-state index contributed by atoms with van der Waals surface area (Å²) < 4.78 is 41.0. The van der Waals surface area contributed by atoms with Gasteiger partial charge in [-0.3, -0.25) is 9.59 Å². The molecule has 0 aromatic heterocycles. The number of rotatable bonds is 4. The Morgan fingerprint density at radius 2 is 1.68 bits per heavy atom. The number of hydrogen-bond acceptors (Lipinski definition) is 3. The van der Waals surface area contributed by atoms with Crippen LogP contribution in [-0.4, -0.2) is 31.7 Å². The number of nitrogens with one attached hydrogen (secondary N) is 2. The molecule has 0 aliphatic heterocycles. The lowest BCUT2D eigenvalue weighted by Crippen LogP contribution is -2.30. The van der Waals surface area contributed by atoms with E-state index < -0.39 is 18.0 Å². The van der Waals surface area contributed by atoms with E-state index in [9.17, 15) is 22.8 Å². The van der Waals surface area contributed by atoms with E-state index in [4.69, 9.17) is 0 Å². The number of carbonyl (C=O) groups excluding carboxylic acids is 2. The molecule has 1 rings (SSSR count). The average Bonchev–Trinajstić information content (AvgIpc) is 2.30. The second kappa shape index (κ2) is 6.19. The molecule has 19 heavy (non-hydrogen) atoms. The Hall–Kier alpha value is -2.09. The minimum Gasteiger partial charge on any atom is -0.375 e. The van der Waals surface area contributed by atoms with E-state index in [0.717, 1.165) is 0 Å². The SMILES string of the molecule is COCC(=O)Nc1ccccc1NC(=O)C(F)(F)F. The Morgan fingerprint density at radius 1 is 1.16 bits per heavy atom. The summed E-state index contributed by atoms with van der Waals surface area (Å²) >= 11 is 0. The maximum atomic E-state index is 12.1. The van der Waals surface area contributed by atoms with Crippen LogP contribution in [0.5, 0.6) is 0 Å². The number of anilines is 2. The van der Waals surface area contributed by atoms with Crippen LogP contribution in [0.2, 0.25) is 0 Å². The molecule has 2 N–H and O–H groups in total. The van der Waals surface area contributed by atoms with Gasteiger partial charge in [0.1, 0.15) is 6.61 Å². The summed E-state index contributed by atoms with van der Waals surface area (Å²) in [5, 5.41) is 4.00. The van der Waals surface area contributed by atoms with Crippen molar-refractivity contribution in [1.29, 1.82) is 0 Å². The van der Waals surface area contributed by atoms with Crippen molar-refractivity contribution >= 4 is 23.2 Å². The lowest BCUT2D eigenvalue weighted by Gasteiger charge is -2.13. The van der Waals surface area contributed by atoms with Crippen LogP contribution >= 0.6 is 0 Å². The van der Waals surface area contributed by atoms with Crippen molar-refractivity contribution in [3.63, 3.8) is 0 Å². The highest BCUT2D eigenvalue weighted by Crippen LogP contribution is 2.24. The Kier molecular flexibility index (Phi) is 4.87. The monoisotopic (exact) mass is 276 g/mol. The first kappa shape index (κ1) is 15.0. The summed E-state index contributed by atoms with van der Waals surface area (Å²) in [7, 11) is 1.30. The number of alkyl halides is 3. The predicted molar refractivity (Wildman–Crippen MR) is 61.6 cm³/mol. The topological polar surface area (TPSA) is 67.4 Å². The summed E-state index contributed by atoms with van der Waals surface area (Å²) in [6.07, 6.45) is -5.00. The zero-order chi connectivity index (χ0) is 14.5. The van der Waals surface area contributed by atoms with Crippen LogP contribution in [0.15, 0.2) is 24.3 Å². The van der Waals surface area contributed by atoms with Gasteiger partial charge in [-0.25, -0.2) is 0 Å². The third kappa shape index (κ3) is 4.59. The summed E-state index contributed by atoms with van der Waals surface area (Å²) in [5.74, 6) is -2.66. The Labute approximate surface area is 106 Å². The highest BCUT2D eigenvalue weighted by molar-refractivity contribution is 6.01. The molecule has 0 radical (unpaired) electrons. The normalized spacial score (nSPS) is 10.9. The Balaban J connectivity index is 2.84. The largest absolute Gasteiger partial charge is 0.471 e. The van der Waals surface area contributed by atoms with E-state index in [1.807, 2.05) is 0 Å². The summed E-state index contributed by atoms with van der Waals surface area (Å²) in [4.78, 5) is 22.1. The molecule has 5 nitrogen and oxygen atoms in total. The molecule has 0 spiro atoms. The minimum absolute atomic E-state index is 0.0575. The predicted octanol–water partition coefficient (Wildman–Crippen LogP) is 1.77. The highest BCUT2D eigenvalue weighted by atomic mass is 19.4. The van der Waals surface area contributed by atoms with Crippen molar-refractivity contribution in [2.75, 3.05) is 24.4 Å². The Bertz CT molecular complexity index is 474. The van der Waals surface area contributed by atoms with Gasteiger partial charge in [0.2, 0.25) is 5.91 Å². The number of hydrogen-bond donors (Lipinski definition) is 2. The van der Waals surface area contributed by atoms with Gasteiger partial charge in [0.05, 0.1) is 11.4 Å². The molecule has 0 heterocycles. The first-order valence-corrected chi connectivity index (χ1v) is 5.10. The molecular formula is C11H11F3N2O3. The molecule has 0 saturated heterocycles. The molecular weight excluding hydrogens is 265 g/mol. The third-order valence-electron chi connectivity index (χ3n) is 1.98. The lowest BCUT2D eigenvalue weighted by atomic mass is 10.2. The highest BCUT2D eigenvalue weighted by Gasteiger charge is 2.38. The molecule has 0 fully saturated rings. The minimum atomic E-state index is -5.00. The number of halogens is 3. The van der Waals surface area contributed by atoms with Gasteiger partial charge in [0.25, 0.3) is 0 Å². The fourth-order valence-corrected chi connectivity index (χ4v) is 1.21. The van der Waals surface area contributed by atoms with Gasteiger partial charge in [0, 0.05) is 7.11 Å². The number of methoxy groups -OCH3 is 1. The number of para-hydroxylation sites is 2. The van der Waals surface area contributed by atoms with E-state index in [0.29, 0.717) is 0 Å². The smallest absolute Gasteiger partial charge is 0.375 e. The molecule has 1 aromatic rings. The van der Waals surface area contributed by atoms with Crippen molar-refractivity contribution < 1.29 is 27.5 Å². The quantitative estimate of drug-likeness (QED) is 0.880. The van der Waals surface area contributed by atoms with Gasteiger partial charge in [-0.1, -0.05) is 12.1 Å². The van der Waals surface area contributed by atoms with Gasteiger partial charge >= 0.3 is 12.1 Å². The zero-order valence-corrected chi connectivity index (χ0v) is 9.88. The molecule has 8 heteroatoms. The van der Waals surface area contributed by atoms with Gasteiger partial charge in [0.15, 0.2) is 0 Å². The van der Waals surface area contributed by atoms with Crippen LogP contribution in [-0.2, 0) is 14.3 Å². The van der Waals surface area contributed by atoms with E-state index >= 15 is 0 Å². The summed E-state index contributed by atoms with van der Waals surface area (Å²) in [6.45, 7) is -0.248. The molecule has 0 aliphatic rings. The maximum Gasteiger partial charge on any atom is 0.471 e. The van der Waals surface area contributed by atoms with Crippen LogP contribution in [0.4, 0.5) is 24.5 Å². The second-order valence-corrected chi connectivity index (χ2v) is 3.48. The molecule has 104 valence electrons. The van der Waals surface area contributed by atoms with Gasteiger partial charge in [-0.2, -0.15) is 13.2 Å². The molecule has 0 aliphatic carbocycles. The molecule has 0 bridgehead atoms. The molecule has 0 saturated carbocycles. The Morgan fingerprint density at radius 3 is 2.16 bits per heavy atom. The van der Waals surface area contributed by atoms with Crippen molar-refractivity contribution in [2.45, 2.75) is 6.18 Å². The third-order valence-corrected chi connectivity index (χ3v) is 1.98. The molecule has 1 aromatic carbocycles. The van der Waals surface area contributed by atoms with Crippen molar-refractivity contribution in [3.05, 3.63) is 24.3 Å². The number of carbonyl (C=O) groups is 2. The van der Waals surface area contributed by atoms with E-state index in [2.05, 4.69) is 10.1 Å². The maximum absolute atomic E-state index is 12.1. The average molecular weight is 276 g/mol. The van der Waals surface area contributed by atoms with Crippen LogP contribution in [0.25, 0.3) is 0 Å². The van der Waals surface area contributed by atoms with Crippen molar-refractivity contribution in [1.82, 2.24) is 0 Å². The van der Waals surface area contributed by atoms with Crippen LogP contribution in [0.3, 0.4) is 0 Å². The van der Waals surface area contributed by atoms with Crippen molar-refractivity contribution in [3.8, 4) is 0 Å². The van der Waals surface area contributed by atoms with E-state index in [-0.39, 0.29) is 18.0 Å². The fraction of sp³-hybridized carbons (Fsp3) is 0.273. The van der Waals surface area contributed by atoms with Crippen molar-refractivity contribution in [2.24, 2.45) is 0 Å². The second-order valence-electron chi connectivity index (χ2n) is 3.48. The van der Waals surface area contributed by atoms with Gasteiger partial charge in [-0.05, 0) is 12.1 Å². The number of amides is 2. The first-order chi connectivity index (χ1) is 8.84. The van der Waals surface area contributed by atoms with Gasteiger partial charge < -0.3 is 15.4 Å². The van der Waals surface area contributed by atoms with E-state index in [1.165, 1.54) is 31.4 Å². The molecule has 0 unspecified atom stereocenters. The van der Waals surface area contributed by atoms with E-state index in [1.54, 1.807) is 5.32 Å². The summed E-state index contributed by atoms with van der Waals surface area (Å²) in [6, 6.07) is 5.54. The number of benzene rings is 1. The zero-order valence-electron chi connectivity index (χ0n) is 9.88. The van der Waals surface area contributed by atoms with Gasteiger partial charge in [-0.15, -0.1) is 0 Å². The van der Waals surface area contributed by atoms with Crippen LogP contribution in [0.1, 0.15) is 0 Å². The standard InChI is InChI=1S/C11H11F3N2O3/c1-19-6-9(17)15-7-4-2-3-5-8(7)16-10(18)11(12,13)14/h2-5H,6H2,1H3,(H,15,17)(H,16,18). The molecule has 0 atom stereocenters. The first-order valence-electron chi connectivity index (χ1n) is 5.10. The summed E-state index contributed by atoms with van der Waals surface area (Å²) in [5.41, 5.74) is -0.0866. The van der Waals surface area contributed by atoms with Crippen LogP contribution in [0, 0.1) is 0 Å².